The maximum Gasteiger partial charge on any atom is 0.225 e. The Morgan fingerprint density at radius 3 is 2.47 bits per heavy atom. The smallest absolute Gasteiger partial charge is 0.225 e. The van der Waals surface area contributed by atoms with Gasteiger partial charge in [0, 0.05) is 11.5 Å². The molecule has 0 spiro atoms. The summed E-state index contributed by atoms with van der Waals surface area (Å²) in [4.78, 5) is 16.9. The van der Waals surface area contributed by atoms with Crippen molar-refractivity contribution in [2.75, 3.05) is 6.61 Å². The third-order valence-electron chi connectivity index (χ3n) is 5.83. The summed E-state index contributed by atoms with van der Waals surface area (Å²) >= 11 is 5.81. The van der Waals surface area contributed by atoms with Gasteiger partial charge in [0.25, 0.3) is 0 Å². The molecule has 1 aliphatic rings. The Hall–Kier alpha value is -2.78. The summed E-state index contributed by atoms with van der Waals surface area (Å²) in [5.41, 5.74) is 0.147. The minimum absolute atomic E-state index is 0.0853. The molecule has 1 aromatic heterocycles. The first-order chi connectivity index (χ1) is 15.4. The summed E-state index contributed by atoms with van der Waals surface area (Å²) in [7, 11) is 0. The lowest BCUT2D eigenvalue weighted by atomic mass is 9.85. The summed E-state index contributed by atoms with van der Waals surface area (Å²) in [5, 5.41) is 12.5. The van der Waals surface area contributed by atoms with Crippen molar-refractivity contribution in [1.82, 2.24) is 10.3 Å². The van der Waals surface area contributed by atoms with Crippen LogP contribution in [-0.2, 0) is 4.79 Å². The molecule has 0 unspecified atom stereocenters. The van der Waals surface area contributed by atoms with E-state index >= 15 is 0 Å². The van der Waals surface area contributed by atoms with Gasteiger partial charge in [-0.1, -0.05) is 25.4 Å². The van der Waals surface area contributed by atoms with E-state index in [0.717, 1.165) is 50.0 Å². The Balaban J connectivity index is 1.35. The molecule has 1 aromatic carbocycles. The zero-order chi connectivity index (χ0) is 23.0. The van der Waals surface area contributed by atoms with E-state index in [9.17, 15) is 4.79 Å². The first-order valence-corrected chi connectivity index (χ1v) is 11.5. The maximum atomic E-state index is 12.8. The van der Waals surface area contributed by atoms with Crippen LogP contribution in [0.5, 0.6) is 11.5 Å². The number of halogens is 1. The molecule has 2 aromatic rings. The maximum absolute atomic E-state index is 12.8. The molecule has 0 radical (unpaired) electrons. The zero-order valence-electron chi connectivity index (χ0n) is 18.6. The van der Waals surface area contributed by atoms with Crippen molar-refractivity contribution in [3.8, 4) is 17.6 Å². The van der Waals surface area contributed by atoms with Crippen LogP contribution in [0.4, 0.5) is 0 Å². The van der Waals surface area contributed by atoms with E-state index in [1.165, 1.54) is 0 Å². The first kappa shape index (κ1) is 23.9. The number of nitrogens with zero attached hydrogens (tertiary/aromatic N) is 2. The molecule has 32 heavy (non-hydrogen) atoms. The summed E-state index contributed by atoms with van der Waals surface area (Å²) in [6.45, 7) is 4.49. The number of benzene rings is 1. The Bertz CT molecular complexity index is 915. The van der Waals surface area contributed by atoms with Gasteiger partial charge in [-0.15, -0.1) is 0 Å². The minimum atomic E-state index is -0.462. The number of carbonyl (C=O) groups is 1. The number of hydrogen-bond acceptors (Lipinski definition) is 5. The highest BCUT2D eigenvalue weighted by atomic mass is 35.5. The van der Waals surface area contributed by atoms with Gasteiger partial charge in [-0.2, -0.15) is 5.26 Å². The van der Waals surface area contributed by atoms with E-state index < -0.39 is 5.41 Å². The SMILES string of the molecule is CC(C)(CCCOc1ccc(C#N)cc1)C(=O)N[C@H]1CC[C@H](Oc2ccc(Cl)nc2)CC1. The third-order valence-corrected chi connectivity index (χ3v) is 6.05. The first-order valence-electron chi connectivity index (χ1n) is 11.1. The van der Waals surface area contributed by atoms with Crippen LogP contribution < -0.4 is 14.8 Å². The lowest BCUT2D eigenvalue weighted by Crippen LogP contribution is -2.45. The highest BCUT2D eigenvalue weighted by molar-refractivity contribution is 6.29. The summed E-state index contributed by atoms with van der Waals surface area (Å²) in [6.07, 6.45) is 6.87. The number of rotatable bonds is 9. The van der Waals surface area contributed by atoms with Gasteiger partial charge in [0.1, 0.15) is 16.7 Å². The van der Waals surface area contributed by atoms with Gasteiger partial charge in [-0.05, 0) is 74.9 Å². The standard InChI is InChI=1S/C25H30ClN3O3/c1-25(2,14-3-15-31-20-8-4-18(16-27)5-9-20)24(30)29-19-6-10-21(11-7-19)32-22-12-13-23(26)28-17-22/h4-5,8-9,12-13,17,19,21H,3,6-7,10-11,14-15H2,1-2H3,(H,29,30)/t19-,21-. The molecule has 1 amide bonds. The van der Waals surface area contributed by atoms with Crippen molar-refractivity contribution in [2.24, 2.45) is 5.41 Å². The van der Waals surface area contributed by atoms with Crippen LogP contribution >= 0.6 is 11.6 Å². The summed E-state index contributed by atoms with van der Waals surface area (Å²) in [6, 6.07) is 12.9. The molecule has 0 bridgehead atoms. The molecule has 1 N–H and O–H groups in total. The molecule has 7 heteroatoms. The second kappa shape index (κ2) is 11.2. The molecular weight excluding hydrogens is 426 g/mol. The van der Waals surface area contributed by atoms with E-state index in [1.807, 2.05) is 19.9 Å². The van der Waals surface area contributed by atoms with Gasteiger partial charge in [-0.25, -0.2) is 4.98 Å². The van der Waals surface area contributed by atoms with Gasteiger partial charge in [-0.3, -0.25) is 4.79 Å². The van der Waals surface area contributed by atoms with Crippen molar-refractivity contribution in [1.29, 1.82) is 5.26 Å². The lowest BCUT2D eigenvalue weighted by molar-refractivity contribution is -0.130. The fourth-order valence-corrected chi connectivity index (χ4v) is 3.89. The molecule has 1 heterocycles. The fraction of sp³-hybridized carbons (Fsp3) is 0.480. The van der Waals surface area contributed by atoms with Gasteiger partial charge in [0.05, 0.1) is 30.5 Å². The van der Waals surface area contributed by atoms with Crippen molar-refractivity contribution in [3.63, 3.8) is 0 Å². The van der Waals surface area contributed by atoms with Crippen LogP contribution in [0.2, 0.25) is 5.15 Å². The van der Waals surface area contributed by atoms with Crippen molar-refractivity contribution in [3.05, 3.63) is 53.3 Å². The monoisotopic (exact) mass is 455 g/mol. The quantitative estimate of drug-likeness (QED) is 0.409. The second-order valence-electron chi connectivity index (χ2n) is 8.85. The average molecular weight is 456 g/mol. The molecule has 6 nitrogen and oxygen atoms in total. The topological polar surface area (TPSA) is 84.2 Å². The zero-order valence-corrected chi connectivity index (χ0v) is 19.4. The molecule has 1 saturated carbocycles. The fourth-order valence-electron chi connectivity index (χ4n) is 3.77. The number of nitriles is 1. The largest absolute Gasteiger partial charge is 0.494 e. The number of ether oxygens (including phenoxy) is 2. The van der Waals surface area contributed by atoms with Crippen LogP contribution in [-0.4, -0.2) is 29.6 Å². The Morgan fingerprint density at radius 1 is 1.16 bits per heavy atom. The predicted octanol–water partition coefficient (Wildman–Crippen LogP) is 5.30. The number of pyridine rings is 1. The van der Waals surface area contributed by atoms with Gasteiger partial charge >= 0.3 is 0 Å². The van der Waals surface area contributed by atoms with E-state index in [1.54, 1.807) is 36.5 Å². The van der Waals surface area contributed by atoms with Gasteiger partial charge in [0.15, 0.2) is 0 Å². The normalized spacial score (nSPS) is 18.4. The number of hydrogen-bond donors (Lipinski definition) is 1. The van der Waals surface area contributed by atoms with Crippen LogP contribution in [0.15, 0.2) is 42.6 Å². The highest BCUT2D eigenvalue weighted by Gasteiger charge is 2.31. The highest BCUT2D eigenvalue weighted by Crippen LogP contribution is 2.27. The molecule has 170 valence electrons. The van der Waals surface area contributed by atoms with Crippen molar-refractivity contribution < 1.29 is 14.3 Å². The predicted molar refractivity (Wildman–Crippen MR) is 124 cm³/mol. The van der Waals surface area contributed by atoms with Crippen LogP contribution in [0.3, 0.4) is 0 Å². The Kier molecular flexibility index (Phi) is 8.35. The Labute approximate surface area is 194 Å². The number of amides is 1. The molecule has 0 atom stereocenters. The van der Waals surface area contributed by atoms with E-state index in [-0.39, 0.29) is 18.1 Å². The molecule has 0 aliphatic heterocycles. The molecule has 3 rings (SSSR count). The second-order valence-corrected chi connectivity index (χ2v) is 9.24. The summed E-state index contributed by atoms with van der Waals surface area (Å²) < 4.78 is 11.7. The van der Waals surface area contributed by atoms with E-state index in [0.29, 0.717) is 17.3 Å². The number of aromatic nitrogens is 1. The number of nitrogens with one attached hydrogen (secondary N) is 1. The van der Waals surface area contributed by atoms with Crippen molar-refractivity contribution >= 4 is 17.5 Å². The van der Waals surface area contributed by atoms with Crippen LogP contribution in [0, 0.1) is 16.7 Å². The molecule has 0 saturated heterocycles. The lowest BCUT2D eigenvalue weighted by Gasteiger charge is -2.32. The average Bonchev–Trinajstić information content (AvgIpc) is 2.80. The van der Waals surface area contributed by atoms with Gasteiger partial charge < -0.3 is 14.8 Å². The van der Waals surface area contributed by atoms with Gasteiger partial charge in [0.2, 0.25) is 5.91 Å². The summed E-state index contributed by atoms with van der Waals surface area (Å²) in [5.74, 6) is 1.55. The van der Waals surface area contributed by atoms with E-state index in [2.05, 4.69) is 16.4 Å². The minimum Gasteiger partial charge on any atom is -0.494 e. The van der Waals surface area contributed by atoms with Crippen LogP contribution in [0.1, 0.15) is 57.9 Å². The number of carbonyl (C=O) groups excluding carboxylic acids is 1. The molecule has 1 fully saturated rings. The van der Waals surface area contributed by atoms with Crippen molar-refractivity contribution in [2.45, 2.75) is 64.5 Å². The Morgan fingerprint density at radius 2 is 1.84 bits per heavy atom. The van der Waals surface area contributed by atoms with E-state index in [4.69, 9.17) is 26.3 Å². The van der Waals surface area contributed by atoms with Crippen LogP contribution in [0.25, 0.3) is 0 Å². The molecule has 1 aliphatic carbocycles. The third kappa shape index (κ3) is 7.13. The molecular formula is C25H30ClN3O3.